The van der Waals surface area contributed by atoms with Crippen LogP contribution in [0.25, 0.3) is 0 Å². The lowest BCUT2D eigenvalue weighted by Gasteiger charge is -1.94. The van der Waals surface area contributed by atoms with E-state index >= 15 is 0 Å². The van der Waals surface area contributed by atoms with Gasteiger partial charge in [-0.2, -0.15) is 0 Å². The fourth-order valence-corrected chi connectivity index (χ4v) is 0.990. The Kier molecular flexibility index (Phi) is 1.98. The fraction of sp³-hybridized carbons (Fsp3) is 0.375. The van der Waals surface area contributed by atoms with Crippen LogP contribution in [0.2, 0.25) is 0 Å². The summed E-state index contributed by atoms with van der Waals surface area (Å²) in [4.78, 5) is 0. The van der Waals surface area contributed by atoms with Crippen molar-refractivity contribution in [3.8, 4) is 0 Å². The first-order valence-corrected chi connectivity index (χ1v) is 3.53. The number of imidazole rings is 1. The van der Waals surface area contributed by atoms with E-state index in [4.69, 9.17) is 0 Å². The predicted octanol–water partition coefficient (Wildman–Crippen LogP) is 0.924. The van der Waals surface area contributed by atoms with Crippen molar-refractivity contribution in [1.82, 2.24) is 4.57 Å². The summed E-state index contributed by atoms with van der Waals surface area (Å²) in [6.45, 7) is 8.03. The lowest BCUT2D eigenvalue weighted by atomic mass is 10.4. The maximum Gasteiger partial charge on any atom is 0.247 e. The summed E-state index contributed by atoms with van der Waals surface area (Å²) in [5.74, 6) is 0. The minimum Gasteiger partial charge on any atom is -0.711 e. The number of hydrogen-bond donors (Lipinski definition) is 0. The Balaban J connectivity index is 3.07. The van der Waals surface area contributed by atoms with Crippen molar-refractivity contribution in [2.75, 3.05) is 0 Å². The molecule has 3 nitrogen and oxygen atoms in total. The Morgan fingerprint density at radius 1 is 1.73 bits per heavy atom. The number of hydrogen-bond acceptors (Lipinski definition) is 1. The van der Waals surface area contributed by atoms with Gasteiger partial charge in [0.1, 0.15) is 17.9 Å². The van der Waals surface area contributed by atoms with Crippen molar-refractivity contribution in [2.45, 2.75) is 20.4 Å². The summed E-state index contributed by atoms with van der Waals surface area (Å²) in [6.07, 6.45) is 3.30. The third-order valence-electron chi connectivity index (χ3n) is 1.86. The van der Waals surface area contributed by atoms with E-state index in [0.29, 0.717) is 6.54 Å². The zero-order valence-electron chi connectivity index (χ0n) is 6.87. The van der Waals surface area contributed by atoms with Crippen LogP contribution < -0.4 is 4.73 Å². The van der Waals surface area contributed by atoms with Crippen molar-refractivity contribution in [2.24, 2.45) is 0 Å². The largest absolute Gasteiger partial charge is 0.711 e. The summed E-state index contributed by atoms with van der Waals surface area (Å²) in [5, 5.41) is 11.0. The summed E-state index contributed by atoms with van der Waals surface area (Å²) in [6, 6.07) is 0. The Hall–Kier alpha value is -1.25. The molecule has 0 aliphatic heterocycles. The first-order chi connectivity index (χ1) is 5.16. The van der Waals surface area contributed by atoms with Gasteiger partial charge in [0.25, 0.3) is 0 Å². The van der Waals surface area contributed by atoms with Crippen LogP contribution in [0.4, 0.5) is 0 Å². The number of nitrogens with zero attached hydrogens (tertiary/aromatic N) is 2. The average molecular weight is 152 g/mol. The van der Waals surface area contributed by atoms with E-state index in [1.807, 2.05) is 18.4 Å². The van der Waals surface area contributed by atoms with Gasteiger partial charge in [-0.3, -0.25) is 0 Å². The first kappa shape index (κ1) is 7.85. The molecule has 0 aromatic carbocycles. The van der Waals surface area contributed by atoms with Crippen LogP contribution in [0.15, 0.2) is 19.0 Å². The molecule has 1 aromatic rings. The molecule has 1 heterocycles. The molecular formula is C8H12N2O. The third-order valence-corrected chi connectivity index (χ3v) is 1.86. The topological polar surface area (TPSA) is 31.9 Å². The van der Waals surface area contributed by atoms with Gasteiger partial charge < -0.3 is 5.21 Å². The molecule has 0 unspecified atom stereocenters. The molecule has 1 aromatic heterocycles. The van der Waals surface area contributed by atoms with Crippen LogP contribution in [0, 0.1) is 19.1 Å². The van der Waals surface area contributed by atoms with Crippen molar-refractivity contribution in [3.63, 3.8) is 0 Å². The highest BCUT2D eigenvalue weighted by Gasteiger charge is 2.09. The molecular weight excluding hydrogens is 140 g/mol. The minimum atomic E-state index is 0.696. The highest BCUT2D eigenvalue weighted by Crippen LogP contribution is 2.01. The van der Waals surface area contributed by atoms with E-state index in [0.717, 1.165) is 16.1 Å². The second-order valence-corrected chi connectivity index (χ2v) is 2.55. The summed E-state index contributed by atoms with van der Waals surface area (Å²) in [5.41, 5.74) is 1.76. The molecule has 11 heavy (non-hydrogen) atoms. The standard InChI is InChI=1S/C8H12N2O/c1-4-5-9-6-10(11)8(3)7(9)2/h4,6H,1,5H2,2-3H3. The minimum absolute atomic E-state index is 0.696. The van der Waals surface area contributed by atoms with Crippen molar-refractivity contribution in [1.29, 1.82) is 0 Å². The summed E-state index contributed by atoms with van der Waals surface area (Å²) < 4.78 is 2.74. The molecule has 0 saturated heterocycles. The monoisotopic (exact) mass is 152 g/mol. The van der Waals surface area contributed by atoms with Crippen LogP contribution in [-0.4, -0.2) is 4.57 Å². The molecule has 0 N–H and O–H groups in total. The molecule has 0 aliphatic carbocycles. The van der Waals surface area contributed by atoms with E-state index in [1.54, 1.807) is 6.08 Å². The van der Waals surface area contributed by atoms with Gasteiger partial charge >= 0.3 is 0 Å². The van der Waals surface area contributed by atoms with Gasteiger partial charge in [-0.05, 0) is 0 Å². The summed E-state index contributed by atoms with van der Waals surface area (Å²) >= 11 is 0. The van der Waals surface area contributed by atoms with Crippen LogP contribution in [-0.2, 0) is 6.54 Å². The number of allylic oxidation sites excluding steroid dienone is 1. The van der Waals surface area contributed by atoms with Gasteiger partial charge in [0.05, 0.1) is 0 Å². The molecule has 0 spiro atoms. The SMILES string of the molecule is C=CCn1c[n+]([O-])c(C)c1C. The maximum absolute atomic E-state index is 11.0. The third kappa shape index (κ3) is 1.27. The van der Waals surface area contributed by atoms with Crippen molar-refractivity contribution < 1.29 is 4.73 Å². The first-order valence-electron chi connectivity index (χ1n) is 3.53. The molecule has 0 amide bonds. The second kappa shape index (κ2) is 2.78. The van der Waals surface area contributed by atoms with Gasteiger partial charge in [-0.15, -0.1) is 0 Å². The molecule has 0 fully saturated rings. The van der Waals surface area contributed by atoms with E-state index in [9.17, 15) is 5.21 Å². The highest BCUT2D eigenvalue weighted by atomic mass is 16.5. The molecule has 0 saturated carbocycles. The molecule has 0 atom stereocenters. The maximum atomic E-state index is 11.0. The fourth-order valence-electron chi connectivity index (χ4n) is 0.990. The van der Waals surface area contributed by atoms with Gasteiger partial charge in [0, 0.05) is 13.8 Å². The quantitative estimate of drug-likeness (QED) is 0.352. The lowest BCUT2D eigenvalue weighted by Crippen LogP contribution is -2.26. The van der Waals surface area contributed by atoms with E-state index in [-0.39, 0.29) is 0 Å². The highest BCUT2D eigenvalue weighted by molar-refractivity contribution is 5.03. The Labute approximate surface area is 66.2 Å². The number of rotatable bonds is 2. The van der Waals surface area contributed by atoms with Crippen LogP contribution >= 0.6 is 0 Å². The van der Waals surface area contributed by atoms with Crippen LogP contribution in [0.5, 0.6) is 0 Å². The second-order valence-electron chi connectivity index (χ2n) is 2.55. The molecule has 0 bridgehead atoms. The van der Waals surface area contributed by atoms with E-state index in [2.05, 4.69) is 6.58 Å². The zero-order chi connectivity index (χ0) is 8.43. The Morgan fingerprint density at radius 3 is 2.73 bits per heavy atom. The van der Waals surface area contributed by atoms with Crippen LogP contribution in [0.1, 0.15) is 11.4 Å². The summed E-state index contributed by atoms with van der Waals surface area (Å²) in [7, 11) is 0. The smallest absolute Gasteiger partial charge is 0.247 e. The van der Waals surface area contributed by atoms with Crippen molar-refractivity contribution >= 4 is 0 Å². The van der Waals surface area contributed by atoms with Crippen molar-refractivity contribution in [3.05, 3.63) is 35.6 Å². The predicted molar refractivity (Wildman–Crippen MR) is 43.1 cm³/mol. The molecule has 0 aliphatic rings. The molecule has 1 rings (SSSR count). The van der Waals surface area contributed by atoms with Gasteiger partial charge in [0.15, 0.2) is 0 Å². The molecule has 0 radical (unpaired) electrons. The van der Waals surface area contributed by atoms with Gasteiger partial charge in [-0.25, -0.2) is 9.30 Å². The number of aromatic nitrogens is 2. The average Bonchev–Trinajstić information content (AvgIpc) is 2.19. The lowest BCUT2D eigenvalue weighted by molar-refractivity contribution is -0.611. The van der Waals surface area contributed by atoms with Crippen LogP contribution in [0.3, 0.4) is 0 Å². The van der Waals surface area contributed by atoms with E-state index in [1.165, 1.54) is 6.33 Å². The zero-order valence-corrected chi connectivity index (χ0v) is 6.87. The van der Waals surface area contributed by atoms with E-state index < -0.39 is 0 Å². The van der Waals surface area contributed by atoms with Gasteiger partial charge in [0.2, 0.25) is 6.33 Å². The normalized spacial score (nSPS) is 10.0. The molecule has 60 valence electrons. The molecule has 3 heteroatoms. The van der Waals surface area contributed by atoms with Gasteiger partial charge in [-0.1, -0.05) is 12.7 Å². The Bertz CT molecular complexity index is 276. The Morgan fingerprint density at radius 2 is 2.36 bits per heavy atom.